The summed E-state index contributed by atoms with van der Waals surface area (Å²) in [5.74, 6) is -0.196. The molecular weight excluding hydrogens is 242 g/mol. The third kappa shape index (κ3) is 2.06. The number of fused-ring (bicyclic) bond motifs is 3. The predicted octanol–water partition coefficient (Wildman–Crippen LogP) is 2.81. The maximum atomic E-state index is 11.6. The second-order valence-electron chi connectivity index (χ2n) is 4.33. The average Bonchev–Trinajstić information content (AvgIpc) is 2.82. The van der Waals surface area contributed by atoms with Gasteiger partial charge in [0, 0.05) is 10.9 Å². The zero-order chi connectivity index (χ0) is 13.2. The quantitative estimate of drug-likeness (QED) is 0.732. The molecule has 96 valence electrons. The van der Waals surface area contributed by atoms with Crippen LogP contribution < -0.4 is 5.48 Å². The van der Waals surface area contributed by atoms with E-state index in [4.69, 9.17) is 4.42 Å². The Morgan fingerprint density at radius 2 is 2.11 bits per heavy atom. The molecule has 0 spiro atoms. The highest BCUT2D eigenvalue weighted by Gasteiger charge is 2.12. The van der Waals surface area contributed by atoms with E-state index in [1.54, 1.807) is 6.26 Å². The molecule has 4 nitrogen and oxygen atoms in total. The van der Waals surface area contributed by atoms with Crippen LogP contribution in [0.5, 0.6) is 0 Å². The number of carbonyl (C=O) groups is 1. The van der Waals surface area contributed by atoms with Gasteiger partial charge in [0.05, 0.1) is 19.8 Å². The first-order valence-corrected chi connectivity index (χ1v) is 5.99. The van der Waals surface area contributed by atoms with Crippen LogP contribution in [0, 0.1) is 0 Å². The number of benzene rings is 2. The second kappa shape index (κ2) is 4.74. The van der Waals surface area contributed by atoms with Crippen molar-refractivity contribution in [2.75, 3.05) is 7.11 Å². The summed E-state index contributed by atoms with van der Waals surface area (Å²) in [6.07, 6.45) is 1.86. The van der Waals surface area contributed by atoms with Crippen molar-refractivity contribution in [3.05, 3.63) is 48.2 Å². The number of amides is 1. The van der Waals surface area contributed by atoms with Crippen molar-refractivity contribution in [1.82, 2.24) is 5.48 Å². The van der Waals surface area contributed by atoms with Crippen LogP contribution in [0.2, 0.25) is 0 Å². The first kappa shape index (κ1) is 11.7. The molecule has 4 heteroatoms. The van der Waals surface area contributed by atoms with Gasteiger partial charge in [-0.05, 0) is 16.8 Å². The fraction of sp³-hybridized carbons (Fsp3) is 0.133. The van der Waals surface area contributed by atoms with E-state index in [2.05, 4.69) is 10.3 Å². The minimum atomic E-state index is -0.196. The van der Waals surface area contributed by atoms with Gasteiger partial charge in [0.25, 0.3) is 0 Å². The molecule has 1 amide bonds. The summed E-state index contributed by atoms with van der Waals surface area (Å²) in [6, 6.07) is 12.0. The summed E-state index contributed by atoms with van der Waals surface area (Å²) in [6.45, 7) is 0. The number of nitrogens with one attached hydrogen (secondary N) is 1. The fourth-order valence-electron chi connectivity index (χ4n) is 2.33. The molecule has 0 saturated carbocycles. The van der Waals surface area contributed by atoms with E-state index in [1.165, 1.54) is 7.11 Å². The zero-order valence-corrected chi connectivity index (χ0v) is 10.5. The van der Waals surface area contributed by atoms with Gasteiger partial charge in [0.15, 0.2) is 0 Å². The summed E-state index contributed by atoms with van der Waals surface area (Å²) >= 11 is 0. The highest BCUT2D eigenvalue weighted by molar-refractivity contribution is 6.08. The molecule has 0 aliphatic heterocycles. The van der Waals surface area contributed by atoms with E-state index < -0.39 is 0 Å². The van der Waals surface area contributed by atoms with Crippen molar-refractivity contribution >= 4 is 27.6 Å². The molecule has 1 N–H and O–H groups in total. The number of rotatable bonds is 3. The molecule has 1 heterocycles. The Kier molecular flexibility index (Phi) is 2.93. The van der Waals surface area contributed by atoms with Gasteiger partial charge in [0.2, 0.25) is 5.91 Å². The zero-order valence-electron chi connectivity index (χ0n) is 10.5. The van der Waals surface area contributed by atoms with Gasteiger partial charge in [0.1, 0.15) is 5.58 Å². The summed E-state index contributed by atoms with van der Waals surface area (Å²) < 4.78 is 5.52. The minimum absolute atomic E-state index is 0.196. The molecule has 0 radical (unpaired) electrons. The van der Waals surface area contributed by atoms with Crippen LogP contribution in [0.3, 0.4) is 0 Å². The van der Waals surface area contributed by atoms with Gasteiger partial charge in [-0.3, -0.25) is 9.63 Å². The number of hydroxylamine groups is 1. The Hall–Kier alpha value is -2.33. The predicted molar refractivity (Wildman–Crippen MR) is 72.6 cm³/mol. The first-order valence-electron chi connectivity index (χ1n) is 5.99. The first-order chi connectivity index (χ1) is 9.29. The Morgan fingerprint density at radius 1 is 1.26 bits per heavy atom. The van der Waals surface area contributed by atoms with Crippen molar-refractivity contribution in [3.63, 3.8) is 0 Å². The molecule has 0 bridgehead atoms. The summed E-state index contributed by atoms with van der Waals surface area (Å²) in [7, 11) is 1.42. The average molecular weight is 255 g/mol. The second-order valence-corrected chi connectivity index (χ2v) is 4.33. The molecule has 1 aromatic heterocycles. The lowest BCUT2D eigenvalue weighted by atomic mass is 10.0. The highest BCUT2D eigenvalue weighted by Crippen LogP contribution is 2.29. The van der Waals surface area contributed by atoms with Crippen molar-refractivity contribution in [1.29, 1.82) is 0 Å². The van der Waals surface area contributed by atoms with Crippen molar-refractivity contribution < 1.29 is 14.0 Å². The molecule has 0 aliphatic carbocycles. The number of hydrogen-bond donors (Lipinski definition) is 1. The molecule has 19 heavy (non-hydrogen) atoms. The van der Waals surface area contributed by atoms with Crippen LogP contribution in [-0.4, -0.2) is 13.0 Å². The lowest BCUT2D eigenvalue weighted by Crippen LogP contribution is -2.23. The largest absolute Gasteiger partial charge is 0.464 e. The molecule has 0 saturated heterocycles. The van der Waals surface area contributed by atoms with E-state index in [0.717, 1.165) is 27.3 Å². The number of hydrogen-bond acceptors (Lipinski definition) is 3. The lowest BCUT2D eigenvalue weighted by molar-refractivity contribution is -0.130. The summed E-state index contributed by atoms with van der Waals surface area (Å²) in [5, 5.41) is 3.21. The Balaban J connectivity index is 2.15. The highest BCUT2D eigenvalue weighted by atomic mass is 16.6. The van der Waals surface area contributed by atoms with E-state index in [-0.39, 0.29) is 12.3 Å². The molecule has 2 aromatic carbocycles. The SMILES string of the molecule is CONC(=O)Cc1coc2ccc3ccccc3c12. The van der Waals surface area contributed by atoms with Crippen molar-refractivity contribution in [2.45, 2.75) is 6.42 Å². The molecule has 0 fully saturated rings. The smallest absolute Gasteiger partial charge is 0.248 e. The van der Waals surface area contributed by atoms with Crippen LogP contribution in [-0.2, 0) is 16.1 Å². The van der Waals surface area contributed by atoms with Crippen molar-refractivity contribution in [3.8, 4) is 0 Å². The Morgan fingerprint density at radius 3 is 2.95 bits per heavy atom. The summed E-state index contributed by atoms with van der Waals surface area (Å²) in [5.41, 5.74) is 3.97. The Labute approximate surface area is 109 Å². The fourth-order valence-corrected chi connectivity index (χ4v) is 2.33. The van der Waals surface area contributed by atoms with Crippen LogP contribution in [0.25, 0.3) is 21.7 Å². The van der Waals surface area contributed by atoms with Gasteiger partial charge in [-0.25, -0.2) is 5.48 Å². The minimum Gasteiger partial charge on any atom is -0.464 e. The van der Waals surface area contributed by atoms with E-state index in [0.29, 0.717) is 0 Å². The summed E-state index contributed by atoms with van der Waals surface area (Å²) in [4.78, 5) is 16.2. The maximum Gasteiger partial charge on any atom is 0.248 e. The Bertz CT molecular complexity index is 745. The standard InChI is InChI=1S/C15H13NO3/c1-18-16-14(17)8-11-9-19-13-7-6-10-4-2-3-5-12(10)15(11)13/h2-7,9H,8H2,1H3,(H,16,17). The van der Waals surface area contributed by atoms with Gasteiger partial charge in [-0.2, -0.15) is 0 Å². The topological polar surface area (TPSA) is 51.5 Å². The van der Waals surface area contributed by atoms with Crippen molar-refractivity contribution in [2.24, 2.45) is 0 Å². The van der Waals surface area contributed by atoms with Crippen LogP contribution in [0.15, 0.2) is 47.1 Å². The molecule has 3 aromatic rings. The van der Waals surface area contributed by atoms with Gasteiger partial charge >= 0.3 is 0 Å². The van der Waals surface area contributed by atoms with Crippen LogP contribution >= 0.6 is 0 Å². The van der Waals surface area contributed by atoms with E-state index in [1.807, 2.05) is 36.4 Å². The monoisotopic (exact) mass is 255 g/mol. The molecule has 0 unspecified atom stereocenters. The third-order valence-electron chi connectivity index (χ3n) is 3.11. The van der Waals surface area contributed by atoms with Gasteiger partial charge < -0.3 is 4.42 Å². The normalized spacial score (nSPS) is 11.0. The molecule has 3 rings (SSSR count). The lowest BCUT2D eigenvalue weighted by Gasteiger charge is -2.02. The molecule has 0 aliphatic rings. The van der Waals surface area contributed by atoms with E-state index >= 15 is 0 Å². The third-order valence-corrected chi connectivity index (χ3v) is 3.11. The molecule has 0 atom stereocenters. The number of furan rings is 1. The van der Waals surface area contributed by atoms with Gasteiger partial charge in [-0.1, -0.05) is 30.3 Å². The van der Waals surface area contributed by atoms with E-state index in [9.17, 15) is 4.79 Å². The molecular formula is C15H13NO3. The van der Waals surface area contributed by atoms with Gasteiger partial charge in [-0.15, -0.1) is 0 Å². The van der Waals surface area contributed by atoms with Crippen LogP contribution in [0.4, 0.5) is 0 Å². The maximum absolute atomic E-state index is 11.6. The number of carbonyl (C=O) groups excluding carboxylic acids is 1. The van der Waals surface area contributed by atoms with Crippen LogP contribution in [0.1, 0.15) is 5.56 Å².